The minimum Gasteiger partial charge on any atom is -0.322 e. The summed E-state index contributed by atoms with van der Waals surface area (Å²) in [5, 5.41) is 5.09. The lowest BCUT2D eigenvalue weighted by Crippen LogP contribution is -2.07. The van der Waals surface area contributed by atoms with E-state index >= 15 is 0 Å². The Hall–Kier alpha value is -2.87. The van der Waals surface area contributed by atoms with Crippen LogP contribution in [-0.2, 0) is 4.79 Å². The molecule has 0 atom stereocenters. The van der Waals surface area contributed by atoms with Crippen LogP contribution >= 0.6 is 0 Å². The molecule has 102 valence electrons. The van der Waals surface area contributed by atoms with E-state index in [-0.39, 0.29) is 5.91 Å². The predicted octanol–water partition coefficient (Wildman–Crippen LogP) is 4.49. The van der Waals surface area contributed by atoms with Gasteiger partial charge in [0.1, 0.15) is 0 Å². The molecule has 2 heteroatoms. The summed E-state index contributed by atoms with van der Waals surface area (Å²) in [5.41, 5.74) is 1.83. The monoisotopic (exact) mass is 273 g/mol. The molecule has 0 saturated heterocycles. The SMILES string of the molecule is O=C(/C=C\c1ccccc1)Nc1cccc2ccccc12. The third kappa shape index (κ3) is 3.18. The molecule has 0 saturated carbocycles. The van der Waals surface area contributed by atoms with Crippen LogP contribution in [0.5, 0.6) is 0 Å². The summed E-state index contributed by atoms with van der Waals surface area (Å²) < 4.78 is 0. The van der Waals surface area contributed by atoms with Crippen LogP contribution in [0.2, 0.25) is 0 Å². The second-order valence-electron chi connectivity index (χ2n) is 4.76. The van der Waals surface area contributed by atoms with Gasteiger partial charge in [-0.2, -0.15) is 0 Å². The molecule has 0 heterocycles. The Balaban J connectivity index is 1.79. The van der Waals surface area contributed by atoms with Gasteiger partial charge in [-0.1, -0.05) is 66.7 Å². The standard InChI is InChI=1S/C19H15NO/c21-19(14-13-15-7-2-1-3-8-15)20-18-12-6-10-16-9-4-5-11-17(16)18/h1-14H,(H,20,21)/b14-13-. The molecule has 1 N–H and O–H groups in total. The van der Waals surface area contributed by atoms with E-state index in [9.17, 15) is 4.79 Å². The molecule has 0 aliphatic heterocycles. The van der Waals surface area contributed by atoms with Crippen LogP contribution in [0.25, 0.3) is 16.8 Å². The second-order valence-corrected chi connectivity index (χ2v) is 4.76. The number of benzene rings is 3. The Morgan fingerprint density at radius 1 is 0.810 bits per heavy atom. The molecule has 21 heavy (non-hydrogen) atoms. The molecule has 3 aromatic rings. The summed E-state index contributed by atoms with van der Waals surface area (Å²) in [6, 6.07) is 23.7. The highest BCUT2D eigenvalue weighted by molar-refractivity contribution is 6.07. The molecule has 3 rings (SSSR count). The van der Waals surface area contributed by atoms with Crippen molar-refractivity contribution in [3.05, 3.63) is 84.4 Å². The second kappa shape index (κ2) is 6.06. The van der Waals surface area contributed by atoms with Gasteiger partial charge in [0.05, 0.1) is 0 Å². The largest absolute Gasteiger partial charge is 0.322 e. The highest BCUT2D eigenvalue weighted by Crippen LogP contribution is 2.22. The van der Waals surface area contributed by atoms with Crippen LogP contribution in [0.1, 0.15) is 5.56 Å². The fourth-order valence-corrected chi connectivity index (χ4v) is 2.24. The summed E-state index contributed by atoms with van der Waals surface area (Å²) in [7, 11) is 0. The topological polar surface area (TPSA) is 29.1 Å². The van der Waals surface area contributed by atoms with Crippen LogP contribution in [0, 0.1) is 0 Å². The first-order valence-electron chi connectivity index (χ1n) is 6.85. The maximum atomic E-state index is 12.0. The van der Waals surface area contributed by atoms with E-state index in [1.54, 1.807) is 12.2 Å². The summed E-state index contributed by atoms with van der Waals surface area (Å²) in [6.45, 7) is 0. The highest BCUT2D eigenvalue weighted by atomic mass is 16.1. The van der Waals surface area contributed by atoms with Crippen LogP contribution < -0.4 is 5.32 Å². The molecule has 1 amide bonds. The van der Waals surface area contributed by atoms with Crippen LogP contribution in [0.15, 0.2) is 78.9 Å². The fraction of sp³-hybridized carbons (Fsp3) is 0. The number of amides is 1. The van der Waals surface area contributed by atoms with Crippen LogP contribution in [0.4, 0.5) is 5.69 Å². The number of rotatable bonds is 3. The Labute approximate surface area is 123 Å². The highest BCUT2D eigenvalue weighted by Gasteiger charge is 2.02. The quantitative estimate of drug-likeness (QED) is 0.700. The minimum atomic E-state index is -0.129. The lowest BCUT2D eigenvalue weighted by atomic mass is 10.1. The molecule has 0 radical (unpaired) electrons. The number of nitrogens with one attached hydrogen (secondary N) is 1. The lowest BCUT2D eigenvalue weighted by Gasteiger charge is -2.06. The van der Waals surface area contributed by atoms with Gasteiger partial charge in [0.25, 0.3) is 0 Å². The first kappa shape index (κ1) is 13.1. The molecule has 3 aromatic carbocycles. The van der Waals surface area contributed by atoms with Gasteiger partial charge >= 0.3 is 0 Å². The van der Waals surface area contributed by atoms with Crippen molar-refractivity contribution >= 4 is 28.4 Å². The van der Waals surface area contributed by atoms with Crippen LogP contribution in [0.3, 0.4) is 0 Å². The van der Waals surface area contributed by atoms with E-state index in [0.717, 1.165) is 22.0 Å². The van der Waals surface area contributed by atoms with E-state index in [0.29, 0.717) is 0 Å². The maximum Gasteiger partial charge on any atom is 0.248 e. The normalized spacial score (nSPS) is 10.9. The Morgan fingerprint density at radius 3 is 2.38 bits per heavy atom. The smallest absolute Gasteiger partial charge is 0.248 e. The molecular formula is C19H15NO. The van der Waals surface area contributed by atoms with Crippen molar-refractivity contribution in [2.45, 2.75) is 0 Å². The summed E-state index contributed by atoms with van der Waals surface area (Å²) in [4.78, 5) is 12.0. The number of fused-ring (bicyclic) bond motifs is 1. The molecule has 0 aliphatic carbocycles. The molecule has 0 unspecified atom stereocenters. The van der Waals surface area contributed by atoms with E-state index in [1.807, 2.05) is 72.8 Å². The fourth-order valence-electron chi connectivity index (χ4n) is 2.24. The van der Waals surface area contributed by atoms with Crippen molar-refractivity contribution in [3.63, 3.8) is 0 Å². The Bertz CT molecular complexity index is 786. The first-order valence-corrected chi connectivity index (χ1v) is 6.85. The third-order valence-corrected chi connectivity index (χ3v) is 3.27. The first-order chi connectivity index (χ1) is 10.3. The van der Waals surface area contributed by atoms with Gasteiger partial charge in [-0.15, -0.1) is 0 Å². The van der Waals surface area contributed by atoms with Gasteiger partial charge in [-0.3, -0.25) is 4.79 Å². The molecule has 0 aliphatic rings. The number of hydrogen-bond donors (Lipinski definition) is 1. The zero-order valence-corrected chi connectivity index (χ0v) is 11.5. The zero-order valence-electron chi connectivity index (χ0n) is 11.5. The molecular weight excluding hydrogens is 258 g/mol. The Morgan fingerprint density at radius 2 is 1.52 bits per heavy atom. The molecule has 0 spiro atoms. The van der Waals surface area contributed by atoms with Crippen molar-refractivity contribution in [3.8, 4) is 0 Å². The van der Waals surface area contributed by atoms with Gasteiger partial charge in [0.2, 0.25) is 5.91 Å². The van der Waals surface area contributed by atoms with Gasteiger partial charge in [-0.05, 0) is 23.1 Å². The van der Waals surface area contributed by atoms with Crippen molar-refractivity contribution < 1.29 is 4.79 Å². The molecule has 0 fully saturated rings. The van der Waals surface area contributed by atoms with E-state index in [2.05, 4.69) is 5.32 Å². The minimum absolute atomic E-state index is 0.129. The maximum absolute atomic E-state index is 12.0. The van der Waals surface area contributed by atoms with E-state index in [4.69, 9.17) is 0 Å². The molecule has 0 bridgehead atoms. The van der Waals surface area contributed by atoms with E-state index in [1.165, 1.54) is 0 Å². The van der Waals surface area contributed by atoms with Gasteiger partial charge in [0.15, 0.2) is 0 Å². The summed E-state index contributed by atoms with van der Waals surface area (Å²) >= 11 is 0. The molecule has 2 nitrogen and oxygen atoms in total. The lowest BCUT2D eigenvalue weighted by molar-refractivity contribution is -0.111. The van der Waals surface area contributed by atoms with Crippen molar-refractivity contribution in [1.29, 1.82) is 0 Å². The average molecular weight is 273 g/mol. The van der Waals surface area contributed by atoms with Crippen molar-refractivity contribution in [2.75, 3.05) is 5.32 Å². The van der Waals surface area contributed by atoms with Gasteiger partial charge in [-0.25, -0.2) is 0 Å². The number of carbonyl (C=O) groups excluding carboxylic acids is 1. The van der Waals surface area contributed by atoms with Gasteiger partial charge in [0, 0.05) is 17.1 Å². The van der Waals surface area contributed by atoms with Crippen molar-refractivity contribution in [2.24, 2.45) is 0 Å². The summed E-state index contributed by atoms with van der Waals surface area (Å²) in [6.07, 6.45) is 3.36. The third-order valence-electron chi connectivity index (χ3n) is 3.27. The van der Waals surface area contributed by atoms with E-state index < -0.39 is 0 Å². The number of hydrogen-bond acceptors (Lipinski definition) is 1. The zero-order chi connectivity index (χ0) is 14.5. The number of carbonyl (C=O) groups is 1. The molecule has 0 aromatic heterocycles. The summed E-state index contributed by atoms with van der Waals surface area (Å²) in [5.74, 6) is -0.129. The average Bonchev–Trinajstić information content (AvgIpc) is 2.54. The Kier molecular flexibility index (Phi) is 3.79. The van der Waals surface area contributed by atoms with Crippen LogP contribution in [-0.4, -0.2) is 5.91 Å². The van der Waals surface area contributed by atoms with Crippen molar-refractivity contribution in [1.82, 2.24) is 0 Å². The predicted molar refractivity (Wildman–Crippen MR) is 88.1 cm³/mol. The van der Waals surface area contributed by atoms with Gasteiger partial charge < -0.3 is 5.32 Å². The number of anilines is 1.